The molecule has 2 N–H and O–H groups in total. The van der Waals surface area contributed by atoms with E-state index in [1.165, 1.54) is 24.1 Å². The fourth-order valence-corrected chi connectivity index (χ4v) is 2.43. The maximum Gasteiger partial charge on any atom is 0.387 e. The van der Waals surface area contributed by atoms with E-state index in [0.29, 0.717) is 30.2 Å². The summed E-state index contributed by atoms with van der Waals surface area (Å²) in [5.74, 6) is 1.51. The van der Waals surface area contributed by atoms with E-state index in [4.69, 9.17) is 9.15 Å². The van der Waals surface area contributed by atoms with Gasteiger partial charge in [0, 0.05) is 32.6 Å². The van der Waals surface area contributed by atoms with Gasteiger partial charge in [-0.05, 0) is 30.3 Å². The van der Waals surface area contributed by atoms with E-state index in [-0.39, 0.29) is 48.7 Å². The first-order valence-corrected chi connectivity index (χ1v) is 9.25. The Kier molecular flexibility index (Phi) is 11.7. The zero-order valence-corrected chi connectivity index (χ0v) is 19.9. The smallest absolute Gasteiger partial charge is 0.387 e. The molecule has 0 aliphatic carbocycles. The lowest BCUT2D eigenvalue weighted by atomic mass is 10.2. The predicted molar refractivity (Wildman–Crippen MR) is 123 cm³/mol. The monoisotopic (exact) mass is 552 g/mol. The molecule has 0 saturated heterocycles. The number of guanidine groups is 1. The maximum absolute atomic E-state index is 12.7. The van der Waals surface area contributed by atoms with Crippen molar-refractivity contribution in [3.63, 3.8) is 0 Å². The zero-order chi connectivity index (χ0) is 21.9. The van der Waals surface area contributed by atoms with E-state index in [0.717, 1.165) is 5.76 Å². The second-order valence-electron chi connectivity index (χ2n) is 6.41. The number of methoxy groups -OCH3 is 1. The molecular formula is C20H27F2IN4O4. The highest BCUT2D eigenvalue weighted by atomic mass is 127. The first-order valence-electron chi connectivity index (χ1n) is 9.25. The van der Waals surface area contributed by atoms with Gasteiger partial charge >= 0.3 is 6.61 Å². The second kappa shape index (κ2) is 13.7. The number of halogens is 3. The Balaban J connectivity index is 0.00000480. The minimum absolute atomic E-state index is 0. The molecule has 0 aliphatic heterocycles. The van der Waals surface area contributed by atoms with Crippen molar-refractivity contribution >= 4 is 35.8 Å². The third-order valence-electron chi connectivity index (χ3n) is 4.04. The first kappa shape index (κ1) is 26.5. The average molecular weight is 552 g/mol. The highest BCUT2D eigenvalue weighted by Crippen LogP contribution is 2.26. The summed E-state index contributed by atoms with van der Waals surface area (Å²) in [7, 11) is 4.77. The summed E-state index contributed by atoms with van der Waals surface area (Å²) in [5, 5.41) is 6.04. The molecule has 8 nitrogen and oxygen atoms in total. The van der Waals surface area contributed by atoms with Crippen LogP contribution < -0.4 is 20.1 Å². The van der Waals surface area contributed by atoms with E-state index in [9.17, 15) is 13.6 Å². The number of amides is 1. The van der Waals surface area contributed by atoms with Gasteiger partial charge in [-0.1, -0.05) is 0 Å². The number of nitrogens with one attached hydrogen (secondary N) is 2. The van der Waals surface area contributed by atoms with Gasteiger partial charge in [-0.15, -0.1) is 24.0 Å². The fourth-order valence-electron chi connectivity index (χ4n) is 2.43. The molecule has 1 aromatic heterocycles. The van der Waals surface area contributed by atoms with Crippen molar-refractivity contribution in [1.82, 2.24) is 15.5 Å². The van der Waals surface area contributed by atoms with Crippen LogP contribution in [0.2, 0.25) is 0 Å². The molecule has 172 valence electrons. The molecule has 0 radical (unpaired) electrons. The second-order valence-corrected chi connectivity index (χ2v) is 6.41. The average Bonchev–Trinajstić information content (AvgIpc) is 3.23. The van der Waals surface area contributed by atoms with Crippen molar-refractivity contribution in [2.24, 2.45) is 4.99 Å². The van der Waals surface area contributed by atoms with Gasteiger partial charge in [-0.3, -0.25) is 4.79 Å². The van der Waals surface area contributed by atoms with E-state index < -0.39 is 6.61 Å². The van der Waals surface area contributed by atoms with Crippen LogP contribution in [0.1, 0.15) is 11.3 Å². The van der Waals surface area contributed by atoms with E-state index in [2.05, 4.69) is 20.4 Å². The standard InChI is InChI=1S/C20H26F2N4O4.HI/c1-26(2)18(27)13-25-20(23-9-8-15-5-4-10-29-15)24-12-14-11-16(28-3)6-7-17(14)30-19(21)22;/h4-7,10-11,19H,8-9,12-13H2,1-3H3,(H2,23,24,25);1H. The number of hydrogen-bond donors (Lipinski definition) is 2. The molecule has 0 atom stereocenters. The van der Waals surface area contributed by atoms with Gasteiger partial charge in [0.1, 0.15) is 17.3 Å². The Morgan fingerprint density at radius 3 is 2.65 bits per heavy atom. The molecule has 31 heavy (non-hydrogen) atoms. The van der Waals surface area contributed by atoms with Crippen LogP contribution in [0.5, 0.6) is 11.5 Å². The molecule has 0 spiro atoms. The van der Waals surface area contributed by atoms with E-state index in [1.54, 1.807) is 32.5 Å². The van der Waals surface area contributed by atoms with Crippen molar-refractivity contribution in [2.45, 2.75) is 19.6 Å². The number of aliphatic imine (C=N–C) groups is 1. The molecule has 0 aliphatic rings. The molecule has 1 amide bonds. The van der Waals surface area contributed by atoms with Gasteiger partial charge in [0.15, 0.2) is 5.96 Å². The number of likely N-dealkylation sites (N-methyl/N-ethyl adjacent to an activating group) is 1. The van der Waals surface area contributed by atoms with Crippen molar-refractivity contribution in [3.8, 4) is 11.5 Å². The summed E-state index contributed by atoms with van der Waals surface area (Å²) in [6.07, 6.45) is 2.19. The molecule has 1 heterocycles. The van der Waals surface area contributed by atoms with Crippen LogP contribution in [0.4, 0.5) is 8.78 Å². The number of alkyl halides is 2. The number of carbonyl (C=O) groups is 1. The van der Waals surface area contributed by atoms with Crippen LogP contribution in [0, 0.1) is 0 Å². The lowest BCUT2D eigenvalue weighted by Crippen LogP contribution is -2.43. The maximum atomic E-state index is 12.7. The van der Waals surface area contributed by atoms with Crippen LogP contribution >= 0.6 is 24.0 Å². The van der Waals surface area contributed by atoms with Crippen LogP contribution in [-0.2, 0) is 17.8 Å². The highest BCUT2D eigenvalue weighted by molar-refractivity contribution is 14.0. The Morgan fingerprint density at radius 1 is 1.26 bits per heavy atom. The third-order valence-corrected chi connectivity index (χ3v) is 4.04. The molecule has 0 fully saturated rings. The number of rotatable bonds is 10. The van der Waals surface area contributed by atoms with Gasteiger partial charge in [0.05, 0.1) is 26.5 Å². The molecule has 1 aromatic carbocycles. The van der Waals surface area contributed by atoms with Gasteiger partial charge in [0.25, 0.3) is 0 Å². The minimum atomic E-state index is -2.96. The van der Waals surface area contributed by atoms with Gasteiger partial charge in [-0.25, -0.2) is 4.99 Å². The topological polar surface area (TPSA) is 88.3 Å². The molecule has 11 heteroatoms. The number of ether oxygens (including phenoxy) is 2. The van der Waals surface area contributed by atoms with Crippen molar-refractivity contribution in [1.29, 1.82) is 0 Å². The van der Waals surface area contributed by atoms with Crippen LogP contribution in [0.3, 0.4) is 0 Å². The zero-order valence-electron chi connectivity index (χ0n) is 17.6. The SMILES string of the molecule is COc1ccc(OC(F)F)c(CN=C(NCCc2ccco2)NCC(=O)N(C)C)c1.I. The van der Waals surface area contributed by atoms with Crippen LogP contribution in [-0.4, -0.2) is 57.7 Å². The Morgan fingerprint density at radius 2 is 2.03 bits per heavy atom. The summed E-state index contributed by atoms with van der Waals surface area (Å²) in [4.78, 5) is 17.7. The van der Waals surface area contributed by atoms with E-state index >= 15 is 0 Å². The highest BCUT2D eigenvalue weighted by Gasteiger charge is 2.12. The summed E-state index contributed by atoms with van der Waals surface area (Å²) in [6.45, 7) is -2.40. The normalized spacial score (nSPS) is 11.0. The van der Waals surface area contributed by atoms with Gasteiger partial charge < -0.3 is 29.4 Å². The molecule has 2 aromatic rings. The molecule has 0 saturated carbocycles. The van der Waals surface area contributed by atoms with Crippen LogP contribution in [0.15, 0.2) is 46.0 Å². The lowest BCUT2D eigenvalue weighted by Gasteiger charge is -2.15. The largest absolute Gasteiger partial charge is 0.497 e. The minimum Gasteiger partial charge on any atom is -0.497 e. The fraction of sp³-hybridized carbons (Fsp3) is 0.400. The third kappa shape index (κ3) is 9.40. The van der Waals surface area contributed by atoms with Gasteiger partial charge in [0.2, 0.25) is 5.91 Å². The predicted octanol–water partition coefficient (Wildman–Crippen LogP) is 2.87. The molecular weight excluding hydrogens is 525 g/mol. The Labute approximate surface area is 197 Å². The molecule has 0 unspecified atom stereocenters. The number of benzene rings is 1. The summed E-state index contributed by atoms with van der Waals surface area (Å²) < 4.78 is 40.4. The van der Waals surface area contributed by atoms with Crippen molar-refractivity contribution in [2.75, 3.05) is 34.3 Å². The number of carbonyl (C=O) groups excluding carboxylic acids is 1. The number of furan rings is 1. The lowest BCUT2D eigenvalue weighted by molar-refractivity contribution is -0.127. The summed E-state index contributed by atoms with van der Waals surface area (Å²) in [6, 6.07) is 8.16. The Bertz CT molecular complexity index is 833. The molecule has 0 bridgehead atoms. The molecule has 2 rings (SSSR count). The van der Waals surface area contributed by atoms with Crippen molar-refractivity contribution in [3.05, 3.63) is 47.9 Å². The van der Waals surface area contributed by atoms with Crippen LogP contribution in [0.25, 0.3) is 0 Å². The summed E-state index contributed by atoms with van der Waals surface area (Å²) in [5.41, 5.74) is 0.417. The first-order chi connectivity index (χ1) is 14.4. The summed E-state index contributed by atoms with van der Waals surface area (Å²) >= 11 is 0. The quantitative estimate of drug-likeness (QED) is 0.268. The Hall–Kier alpha value is -2.57. The van der Waals surface area contributed by atoms with Crippen molar-refractivity contribution < 1.29 is 27.5 Å². The van der Waals surface area contributed by atoms with Gasteiger partial charge in [-0.2, -0.15) is 8.78 Å². The number of hydrogen-bond acceptors (Lipinski definition) is 5. The van der Waals surface area contributed by atoms with E-state index in [1.807, 2.05) is 6.07 Å². The number of nitrogens with zero attached hydrogens (tertiary/aromatic N) is 2.